The zero-order valence-corrected chi connectivity index (χ0v) is 18.2. The predicted molar refractivity (Wildman–Crippen MR) is 119 cm³/mol. The van der Waals surface area contributed by atoms with Crippen molar-refractivity contribution in [2.75, 3.05) is 25.6 Å². The molecule has 1 aliphatic heterocycles. The third kappa shape index (κ3) is 4.31. The van der Waals surface area contributed by atoms with Crippen molar-refractivity contribution in [3.05, 3.63) is 82.9 Å². The maximum Gasteiger partial charge on any atom is 0.261 e. The normalized spacial score (nSPS) is 12.7. The third-order valence-corrected chi connectivity index (χ3v) is 5.39. The minimum absolute atomic E-state index is 0.209. The maximum absolute atomic E-state index is 12.7. The number of aryl methyl sites for hydroxylation is 1. The standard InChI is InChI=1S/C24H22N4O5/c1-27-12-10-25-21(27)20(29)15-4-7-17(8-5-15)26-22(30)16-6-9-18-19(14-16)24(32)28(23(18)31)11-3-13-33-2/h4-10,12,14H,3,11,13H2,1-2H3,(H,26,30). The lowest BCUT2D eigenvalue weighted by atomic mass is 10.0. The van der Waals surface area contributed by atoms with Gasteiger partial charge in [0, 0.05) is 56.5 Å². The van der Waals surface area contributed by atoms with Crippen LogP contribution in [0, 0.1) is 0 Å². The van der Waals surface area contributed by atoms with Crippen LogP contribution < -0.4 is 5.32 Å². The molecule has 2 heterocycles. The number of nitrogens with zero attached hydrogens (tertiary/aromatic N) is 3. The average Bonchev–Trinajstić information content (AvgIpc) is 3.35. The third-order valence-electron chi connectivity index (χ3n) is 5.39. The van der Waals surface area contributed by atoms with Crippen molar-refractivity contribution in [3.63, 3.8) is 0 Å². The minimum Gasteiger partial charge on any atom is -0.385 e. The number of imidazole rings is 1. The molecule has 9 nitrogen and oxygen atoms in total. The lowest BCUT2D eigenvalue weighted by Gasteiger charge is -2.12. The van der Waals surface area contributed by atoms with Gasteiger partial charge in [0.15, 0.2) is 5.82 Å². The van der Waals surface area contributed by atoms with Crippen LogP contribution in [-0.4, -0.2) is 58.2 Å². The summed E-state index contributed by atoms with van der Waals surface area (Å²) in [6, 6.07) is 10.9. The molecule has 3 aromatic rings. The quantitative estimate of drug-likeness (QED) is 0.323. The molecule has 0 atom stereocenters. The van der Waals surface area contributed by atoms with Gasteiger partial charge >= 0.3 is 0 Å². The van der Waals surface area contributed by atoms with Gasteiger partial charge in [-0.2, -0.15) is 0 Å². The summed E-state index contributed by atoms with van der Waals surface area (Å²) >= 11 is 0. The largest absolute Gasteiger partial charge is 0.385 e. The Morgan fingerprint density at radius 1 is 1.00 bits per heavy atom. The summed E-state index contributed by atoms with van der Waals surface area (Å²) < 4.78 is 6.61. The zero-order chi connectivity index (χ0) is 23.5. The molecule has 168 valence electrons. The van der Waals surface area contributed by atoms with Gasteiger partial charge in [-0.05, 0) is 48.9 Å². The molecule has 0 bridgehead atoms. The van der Waals surface area contributed by atoms with Crippen LogP contribution >= 0.6 is 0 Å². The Labute approximate surface area is 190 Å². The molecule has 0 saturated heterocycles. The molecule has 4 rings (SSSR count). The molecular weight excluding hydrogens is 424 g/mol. The van der Waals surface area contributed by atoms with Crippen LogP contribution in [0.15, 0.2) is 54.9 Å². The molecule has 33 heavy (non-hydrogen) atoms. The van der Waals surface area contributed by atoms with Crippen LogP contribution in [0.3, 0.4) is 0 Å². The highest BCUT2D eigenvalue weighted by Crippen LogP contribution is 2.25. The van der Waals surface area contributed by atoms with Crippen molar-refractivity contribution in [2.24, 2.45) is 7.05 Å². The first kappa shape index (κ1) is 22.1. The second-order valence-electron chi connectivity index (χ2n) is 7.59. The van der Waals surface area contributed by atoms with Crippen molar-refractivity contribution < 1.29 is 23.9 Å². The summed E-state index contributed by atoms with van der Waals surface area (Å²) in [5.74, 6) is -1.12. The van der Waals surface area contributed by atoms with Crippen molar-refractivity contribution in [3.8, 4) is 0 Å². The topological polar surface area (TPSA) is 111 Å². The Kier molecular flexibility index (Phi) is 6.14. The van der Waals surface area contributed by atoms with Gasteiger partial charge in [-0.3, -0.25) is 24.1 Å². The highest BCUT2D eigenvalue weighted by molar-refractivity contribution is 6.22. The first-order valence-corrected chi connectivity index (χ1v) is 10.3. The number of fused-ring (bicyclic) bond motifs is 1. The fraction of sp³-hybridized carbons (Fsp3) is 0.208. The van der Waals surface area contributed by atoms with Crippen LogP contribution in [-0.2, 0) is 11.8 Å². The summed E-state index contributed by atoms with van der Waals surface area (Å²) in [5, 5.41) is 2.74. The number of anilines is 1. The van der Waals surface area contributed by atoms with Crippen molar-refractivity contribution in [1.29, 1.82) is 0 Å². The fourth-order valence-corrected chi connectivity index (χ4v) is 3.62. The van der Waals surface area contributed by atoms with E-state index < -0.39 is 11.8 Å². The number of carbonyl (C=O) groups is 4. The van der Waals surface area contributed by atoms with Gasteiger partial charge < -0.3 is 14.6 Å². The van der Waals surface area contributed by atoms with E-state index in [1.54, 1.807) is 55.4 Å². The predicted octanol–water partition coefficient (Wildman–Crippen LogP) is 2.54. The summed E-state index contributed by atoms with van der Waals surface area (Å²) in [7, 11) is 3.29. The molecule has 2 aromatic carbocycles. The van der Waals surface area contributed by atoms with Crippen molar-refractivity contribution in [1.82, 2.24) is 14.5 Å². The number of carbonyl (C=O) groups excluding carboxylic acids is 4. The molecule has 0 fully saturated rings. The number of imide groups is 1. The fourth-order valence-electron chi connectivity index (χ4n) is 3.62. The van der Waals surface area contributed by atoms with Gasteiger partial charge in [0.1, 0.15) is 0 Å². The Balaban J connectivity index is 1.46. The molecule has 0 radical (unpaired) electrons. The van der Waals surface area contributed by atoms with E-state index in [9.17, 15) is 19.2 Å². The van der Waals surface area contributed by atoms with E-state index in [0.717, 1.165) is 0 Å². The van der Waals surface area contributed by atoms with E-state index in [1.165, 1.54) is 23.1 Å². The first-order valence-electron chi connectivity index (χ1n) is 10.3. The number of benzene rings is 2. The lowest BCUT2D eigenvalue weighted by molar-refractivity contribution is 0.0638. The minimum atomic E-state index is -0.431. The van der Waals surface area contributed by atoms with Crippen LogP contribution in [0.2, 0.25) is 0 Å². The van der Waals surface area contributed by atoms with Crippen LogP contribution in [0.4, 0.5) is 5.69 Å². The smallest absolute Gasteiger partial charge is 0.261 e. The Morgan fingerprint density at radius 3 is 2.36 bits per heavy atom. The summed E-state index contributed by atoms with van der Waals surface area (Å²) in [5.41, 5.74) is 1.67. The van der Waals surface area contributed by atoms with Crippen LogP contribution in [0.1, 0.15) is 53.7 Å². The number of methoxy groups -OCH3 is 1. The second-order valence-corrected chi connectivity index (χ2v) is 7.59. The van der Waals surface area contributed by atoms with Gasteiger partial charge in [-0.1, -0.05) is 0 Å². The second kappa shape index (κ2) is 9.17. The number of ketones is 1. The number of amides is 3. The van der Waals surface area contributed by atoms with E-state index >= 15 is 0 Å². The number of nitrogens with one attached hydrogen (secondary N) is 1. The van der Waals surface area contributed by atoms with Gasteiger partial charge in [0.2, 0.25) is 5.78 Å². The Morgan fingerprint density at radius 2 is 1.70 bits per heavy atom. The van der Waals surface area contributed by atoms with E-state index in [4.69, 9.17) is 4.74 Å². The van der Waals surface area contributed by atoms with Gasteiger partial charge in [0.25, 0.3) is 17.7 Å². The van der Waals surface area contributed by atoms with E-state index in [-0.39, 0.29) is 34.9 Å². The molecule has 1 N–H and O–H groups in total. The lowest BCUT2D eigenvalue weighted by Crippen LogP contribution is -2.31. The zero-order valence-electron chi connectivity index (χ0n) is 18.2. The number of hydrogen-bond acceptors (Lipinski definition) is 6. The Bertz CT molecular complexity index is 1250. The number of hydrogen-bond donors (Lipinski definition) is 1. The molecule has 9 heteroatoms. The van der Waals surface area contributed by atoms with Gasteiger partial charge in [-0.25, -0.2) is 4.98 Å². The van der Waals surface area contributed by atoms with E-state index in [0.29, 0.717) is 30.1 Å². The monoisotopic (exact) mass is 446 g/mol. The molecule has 1 aromatic heterocycles. The molecular formula is C24H22N4O5. The molecule has 3 amide bonds. The summed E-state index contributed by atoms with van der Waals surface area (Å²) in [4.78, 5) is 55.6. The number of rotatable bonds is 8. The van der Waals surface area contributed by atoms with Gasteiger partial charge in [-0.15, -0.1) is 0 Å². The van der Waals surface area contributed by atoms with Gasteiger partial charge in [0.05, 0.1) is 11.1 Å². The highest BCUT2D eigenvalue weighted by Gasteiger charge is 2.35. The van der Waals surface area contributed by atoms with Crippen LogP contribution in [0.5, 0.6) is 0 Å². The summed E-state index contributed by atoms with van der Waals surface area (Å²) in [6.45, 7) is 0.693. The molecule has 0 aliphatic carbocycles. The van der Waals surface area contributed by atoms with Crippen molar-refractivity contribution >= 4 is 29.2 Å². The van der Waals surface area contributed by atoms with E-state index in [2.05, 4.69) is 10.3 Å². The highest BCUT2D eigenvalue weighted by atomic mass is 16.5. The number of ether oxygens (including phenoxy) is 1. The Hall–Kier alpha value is -4.11. The first-order chi connectivity index (χ1) is 15.9. The number of aromatic nitrogens is 2. The molecule has 0 saturated carbocycles. The maximum atomic E-state index is 12.7. The summed E-state index contributed by atoms with van der Waals surface area (Å²) in [6.07, 6.45) is 3.78. The average molecular weight is 446 g/mol. The molecule has 0 spiro atoms. The van der Waals surface area contributed by atoms with Crippen LogP contribution in [0.25, 0.3) is 0 Å². The van der Waals surface area contributed by atoms with E-state index in [1.807, 2.05) is 0 Å². The molecule has 0 unspecified atom stereocenters. The SMILES string of the molecule is COCCCN1C(=O)c2ccc(C(=O)Nc3ccc(C(=O)c4nccn4C)cc3)cc2C1=O. The van der Waals surface area contributed by atoms with Crippen molar-refractivity contribution in [2.45, 2.75) is 6.42 Å². The molecule has 1 aliphatic rings.